The van der Waals surface area contributed by atoms with Gasteiger partial charge in [0.1, 0.15) is 11.3 Å². The number of likely N-dealkylation sites (tertiary alicyclic amines) is 1. The average molecular weight is 308 g/mol. The molecule has 3 rings (SSSR count). The molecule has 1 amide bonds. The van der Waals surface area contributed by atoms with Crippen LogP contribution in [0.2, 0.25) is 0 Å². The van der Waals surface area contributed by atoms with Gasteiger partial charge in [-0.3, -0.25) is 0 Å². The second kappa shape index (κ2) is 5.33. The quantitative estimate of drug-likeness (QED) is 0.799. The molecule has 2 aromatic rings. The number of rotatable bonds is 1. The van der Waals surface area contributed by atoms with E-state index < -0.39 is 5.60 Å². The molecule has 6 heteroatoms. The van der Waals surface area contributed by atoms with Crippen LogP contribution in [-0.2, 0) is 4.74 Å². The van der Waals surface area contributed by atoms with Crippen molar-refractivity contribution in [3.05, 3.63) is 17.1 Å². The number of hydrogen-bond acceptors (Lipinski definition) is 5. The fraction of sp³-hybridized carbons (Fsp3) is 0.600. The molecule has 0 bridgehead atoms. The standard InChI is InChI=1S/C15H20N2O3S/c1-15(2,3)19-14(18)17-7-4-10(5-8-17)12-13-11(20-16-12)6-9-21-13/h6,9-10H,4-5,7-8H2,1-3H3. The van der Waals surface area contributed by atoms with Crippen LogP contribution in [0.4, 0.5) is 4.79 Å². The lowest BCUT2D eigenvalue weighted by molar-refractivity contribution is 0.0204. The van der Waals surface area contributed by atoms with Crippen LogP contribution in [0, 0.1) is 0 Å². The number of carbonyl (C=O) groups excluding carboxylic acids is 1. The van der Waals surface area contributed by atoms with Gasteiger partial charge < -0.3 is 14.2 Å². The molecule has 114 valence electrons. The van der Waals surface area contributed by atoms with Crippen LogP contribution < -0.4 is 0 Å². The van der Waals surface area contributed by atoms with Gasteiger partial charge in [0.2, 0.25) is 0 Å². The Morgan fingerprint density at radius 2 is 2.14 bits per heavy atom. The number of fused-ring (bicyclic) bond motifs is 1. The van der Waals surface area contributed by atoms with E-state index in [0.29, 0.717) is 19.0 Å². The molecule has 0 N–H and O–H groups in total. The molecule has 0 unspecified atom stereocenters. The van der Waals surface area contributed by atoms with E-state index in [1.807, 2.05) is 32.2 Å². The zero-order valence-electron chi connectivity index (χ0n) is 12.6. The molecule has 0 atom stereocenters. The van der Waals surface area contributed by atoms with Gasteiger partial charge in [0.05, 0.1) is 4.70 Å². The summed E-state index contributed by atoms with van der Waals surface area (Å²) in [6.45, 7) is 7.08. The van der Waals surface area contributed by atoms with E-state index in [1.165, 1.54) is 0 Å². The Kier molecular flexibility index (Phi) is 3.65. The van der Waals surface area contributed by atoms with Crippen molar-refractivity contribution in [2.45, 2.75) is 45.1 Å². The summed E-state index contributed by atoms with van der Waals surface area (Å²) in [5.74, 6) is 0.364. The van der Waals surface area contributed by atoms with Crippen molar-refractivity contribution >= 4 is 27.7 Å². The third-order valence-electron chi connectivity index (χ3n) is 3.64. The van der Waals surface area contributed by atoms with E-state index in [2.05, 4.69) is 5.16 Å². The van der Waals surface area contributed by atoms with Gasteiger partial charge in [0.15, 0.2) is 5.58 Å². The molecule has 1 fully saturated rings. The zero-order chi connectivity index (χ0) is 15.0. The largest absolute Gasteiger partial charge is 0.444 e. The highest BCUT2D eigenvalue weighted by atomic mass is 32.1. The molecule has 0 aromatic carbocycles. The van der Waals surface area contributed by atoms with Crippen molar-refractivity contribution in [3.63, 3.8) is 0 Å². The van der Waals surface area contributed by atoms with Crippen molar-refractivity contribution in [3.8, 4) is 0 Å². The number of piperidine rings is 1. The molecule has 5 nitrogen and oxygen atoms in total. The summed E-state index contributed by atoms with van der Waals surface area (Å²) in [4.78, 5) is 13.8. The number of nitrogens with zero attached hydrogens (tertiary/aromatic N) is 2. The maximum Gasteiger partial charge on any atom is 0.410 e. The van der Waals surface area contributed by atoms with Crippen molar-refractivity contribution in [2.24, 2.45) is 0 Å². The van der Waals surface area contributed by atoms with Crippen molar-refractivity contribution < 1.29 is 14.1 Å². The summed E-state index contributed by atoms with van der Waals surface area (Å²) in [6.07, 6.45) is 1.58. The van der Waals surface area contributed by atoms with E-state index in [4.69, 9.17) is 9.26 Å². The minimum atomic E-state index is -0.441. The predicted octanol–water partition coefficient (Wildman–Crippen LogP) is 4.00. The van der Waals surface area contributed by atoms with Crippen molar-refractivity contribution in [1.82, 2.24) is 10.1 Å². The molecule has 1 aliphatic heterocycles. The highest BCUT2D eigenvalue weighted by Crippen LogP contribution is 2.35. The summed E-state index contributed by atoms with van der Waals surface area (Å²) in [5.41, 5.74) is 1.47. The van der Waals surface area contributed by atoms with Gasteiger partial charge in [0.25, 0.3) is 0 Å². The highest BCUT2D eigenvalue weighted by Gasteiger charge is 2.29. The van der Waals surface area contributed by atoms with E-state index in [9.17, 15) is 4.79 Å². The summed E-state index contributed by atoms with van der Waals surface area (Å²) in [5, 5.41) is 6.23. The first-order valence-corrected chi connectivity index (χ1v) is 8.13. The molecule has 2 aromatic heterocycles. The predicted molar refractivity (Wildman–Crippen MR) is 81.7 cm³/mol. The summed E-state index contributed by atoms with van der Waals surface area (Å²) in [7, 11) is 0. The number of carbonyl (C=O) groups is 1. The summed E-state index contributed by atoms with van der Waals surface area (Å²) in [6, 6.07) is 1.95. The minimum Gasteiger partial charge on any atom is -0.444 e. The Balaban J connectivity index is 1.63. The van der Waals surface area contributed by atoms with Crippen LogP contribution in [0.15, 0.2) is 16.0 Å². The number of thiophene rings is 1. The number of hydrogen-bond donors (Lipinski definition) is 0. The van der Waals surface area contributed by atoms with Gasteiger partial charge in [-0.05, 0) is 45.1 Å². The van der Waals surface area contributed by atoms with Gasteiger partial charge in [-0.15, -0.1) is 11.3 Å². The van der Waals surface area contributed by atoms with Crippen molar-refractivity contribution in [1.29, 1.82) is 0 Å². The molecule has 1 aliphatic rings. The van der Waals surface area contributed by atoms with Gasteiger partial charge in [-0.25, -0.2) is 4.79 Å². The number of aromatic nitrogens is 1. The highest BCUT2D eigenvalue weighted by molar-refractivity contribution is 7.17. The second-order valence-electron chi connectivity index (χ2n) is 6.42. The molecule has 0 aliphatic carbocycles. The SMILES string of the molecule is CC(C)(C)OC(=O)N1CCC(c2noc3ccsc23)CC1. The lowest BCUT2D eigenvalue weighted by atomic mass is 9.94. The smallest absolute Gasteiger partial charge is 0.410 e. The first kappa shape index (κ1) is 14.4. The van der Waals surface area contributed by atoms with E-state index >= 15 is 0 Å². The number of ether oxygens (including phenoxy) is 1. The maximum atomic E-state index is 12.0. The van der Waals surface area contributed by atoms with Crippen LogP contribution in [-0.4, -0.2) is 34.8 Å². The molecular formula is C15H20N2O3S. The van der Waals surface area contributed by atoms with E-state index in [1.54, 1.807) is 16.2 Å². The van der Waals surface area contributed by atoms with E-state index in [0.717, 1.165) is 28.8 Å². The minimum absolute atomic E-state index is 0.220. The van der Waals surface area contributed by atoms with Crippen LogP contribution in [0.5, 0.6) is 0 Å². The third kappa shape index (κ3) is 3.05. The summed E-state index contributed by atoms with van der Waals surface area (Å²) < 4.78 is 11.9. The summed E-state index contributed by atoms with van der Waals surface area (Å²) >= 11 is 1.67. The molecular weight excluding hydrogens is 288 g/mol. The van der Waals surface area contributed by atoms with Gasteiger partial charge in [0, 0.05) is 19.0 Å². The Bertz CT molecular complexity index is 633. The van der Waals surface area contributed by atoms with Crippen LogP contribution in [0.1, 0.15) is 45.2 Å². The second-order valence-corrected chi connectivity index (χ2v) is 7.34. The molecule has 0 saturated carbocycles. The fourth-order valence-corrected chi connectivity index (χ4v) is 3.49. The average Bonchev–Trinajstić information content (AvgIpc) is 2.99. The lowest BCUT2D eigenvalue weighted by Crippen LogP contribution is -2.41. The topological polar surface area (TPSA) is 55.6 Å². The Hall–Kier alpha value is -1.56. The molecule has 3 heterocycles. The van der Waals surface area contributed by atoms with Gasteiger partial charge >= 0.3 is 6.09 Å². The van der Waals surface area contributed by atoms with Crippen molar-refractivity contribution in [2.75, 3.05) is 13.1 Å². The Morgan fingerprint density at radius 1 is 1.43 bits per heavy atom. The monoisotopic (exact) mass is 308 g/mol. The molecule has 21 heavy (non-hydrogen) atoms. The lowest BCUT2D eigenvalue weighted by Gasteiger charge is -2.32. The first-order valence-electron chi connectivity index (χ1n) is 7.25. The van der Waals surface area contributed by atoms with E-state index in [-0.39, 0.29) is 6.09 Å². The molecule has 0 radical (unpaired) electrons. The Morgan fingerprint density at radius 3 is 2.81 bits per heavy atom. The molecule has 1 saturated heterocycles. The van der Waals surface area contributed by atoms with Gasteiger partial charge in [-0.2, -0.15) is 0 Å². The molecule has 0 spiro atoms. The maximum absolute atomic E-state index is 12.0. The fourth-order valence-electron chi connectivity index (χ4n) is 2.62. The zero-order valence-corrected chi connectivity index (χ0v) is 13.4. The van der Waals surface area contributed by atoms with Crippen LogP contribution in [0.3, 0.4) is 0 Å². The Labute approximate surface area is 127 Å². The number of amides is 1. The van der Waals surface area contributed by atoms with Crippen LogP contribution >= 0.6 is 11.3 Å². The normalized spacial score (nSPS) is 17.4. The first-order chi connectivity index (χ1) is 9.94. The van der Waals surface area contributed by atoms with Crippen LogP contribution in [0.25, 0.3) is 10.3 Å². The van der Waals surface area contributed by atoms with Gasteiger partial charge in [-0.1, -0.05) is 5.16 Å². The third-order valence-corrected chi connectivity index (χ3v) is 4.56.